The number of hydrogen-bond acceptors (Lipinski definition) is 7. The van der Waals surface area contributed by atoms with Gasteiger partial charge in [0.2, 0.25) is 17.7 Å². The number of amides is 3. The Bertz CT molecular complexity index is 611. The Hall–Kier alpha value is -2.63. The van der Waals surface area contributed by atoms with Crippen molar-refractivity contribution in [2.75, 3.05) is 12.3 Å². The van der Waals surface area contributed by atoms with Gasteiger partial charge in [-0.3, -0.25) is 24.0 Å². The molecular formula is C16H25N3O8S. The van der Waals surface area contributed by atoms with Gasteiger partial charge in [-0.1, -0.05) is 25.6 Å². The lowest BCUT2D eigenvalue weighted by Crippen LogP contribution is -2.50. The van der Waals surface area contributed by atoms with Gasteiger partial charge in [-0.05, 0) is 6.42 Å². The molecule has 0 aromatic heterocycles. The van der Waals surface area contributed by atoms with Crippen LogP contribution in [0.15, 0.2) is 0 Å². The van der Waals surface area contributed by atoms with Crippen molar-refractivity contribution in [1.29, 1.82) is 0 Å². The standard InChI is InChI=1S/C16H25N3O8S/c1-3-11(20)18-9(16(26)27)5-6-12(21)19-10(8-28-14(24)4-2)15(25)17-7-13(22)23/h9-10H,3-8H2,1-2H3,(H,17,25)(H,18,20)(H,19,21)(H,22,23)(H,26,27)/t9-,10-/m0/s1. The Labute approximate surface area is 166 Å². The number of rotatable bonds is 13. The van der Waals surface area contributed by atoms with E-state index in [1.54, 1.807) is 13.8 Å². The van der Waals surface area contributed by atoms with Gasteiger partial charge < -0.3 is 26.2 Å². The maximum Gasteiger partial charge on any atom is 0.326 e. The molecule has 0 rings (SSSR count). The molecule has 28 heavy (non-hydrogen) atoms. The lowest BCUT2D eigenvalue weighted by molar-refractivity contribution is -0.142. The molecular weight excluding hydrogens is 394 g/mol. The van der Waals surface area contributed by atoms with Crippen LogP contribution in [0.25, 0.3) is 0 Å². The van der Waals surface area contributed by atoms with Gasteiger partial charge in [-0.25, -0.2) is 4.79 Å². The second-order valence-electron chi connectivity index (χ2n) is 5.62. The van der Waals surface area contributed by atoms with Crippen LogP contribution < -0.4 is 16.0 Å². The summed E-state index contributed by atoms with van der Waals surface area (Å²) in [5, 5.41) is 24.2. The van der Waals surface area contributed by atoms with Crippen LogP contribution in [-0.4, -0.2) is 69.4 Å². The van der Waals surface area contributed by atoms with Gasteiger partial charge in [0.05, 0.1) is 0 Å². The van der Waals surface area contributed by atoms with Crippen molar-refractivity contribution in [3.63, 3.8) is 0 Å². The van der Waals surface area contributed by atoms with Crippen LogP contribution in [0.2, 0.25) is 0 Å². The first kappa shape index (κ1) is 25.4. The summed E-state index contributed by atoms with van der Waals surface area (Å²) in [7, 11) is 0. The molecule has 2 atom stereocenters. The van der Waals surface area contributed by atoms with Gasteiger partial charge in [-0.15, -0.1) is 0 Å². The maximum atomic E-state index is 12.1. The molecule has 3 amide bonds. The van der Waals surface area contributed by atoms with E-state index in [1.807, 2.05) is 0 Å². The average Bonchev–Trinajstić information content (AvgIpc) is 2.65. The number of carbonyl (C=O) groups excluding carboxylic acids is 4. The van der Waals surface area contributed by atoms with E-state index in [9.17, 15) is 28.8 Å². The summed E-state index contributed by atoms with van der Waals surface area (Å²) < 4.78 is 0. The highest BCUT2D eigenvalue weighted by Crippen LogP contribution is 2.08. The van der Waals surface area contributed by atoms with Gasteiger partial charge in [0, 0.05) is 25.0 Å². The zero-order valence-electron chi connectivity index (χ0n) is 15.6. The molecule has 0 aliphatic rings. The van der Waals surface area contributed by atoms with Crippen molar-refractivity contribution in [3.8, 4) is 0 Å². The molecule has 0 bridgehead atoms. The SMILES string of the molecule is CCC(=O)N[C@@H](CCC(=O)N[C@@H](CSC(=O)CC)C(=O)NCC(=O)O)C(=O)O. The normalized spacial score (nSPS) is 12.4. The third kappa shape index (κ3) is 11.2. The molecule has 0 unspecified atom stereocenters. The summed E-state index contributed by atoms with van der Waals surface area (Å²) in [5.74, 6) is -4.59. The van der Waals surface area contributed by atoms with Crippen molar-refractivity contribution in [3.05, 3.63) is 0 Å². The average molecular weight is 419 g/mol. The molecule has 0 aromatic carbocycles. The quantitative estimate of drug-likeness (QED) is 0.253. The molecule has 0 fully saturated rings. The number of carboxylic acids is 2. The number of carboxylic acid groups (broad SMARTS) is 2. The van der Waals surface area contributed by atoms with E-state index in [0.717, 1.165) is 11.8 Å². The minimum absolute atomic E-state index is 0.0878. The highest BCUT2D eigenvalue weighted by Gasteiger charge is 2.24. The Morgan fingerprint density at radius 2 is 1.50 bits per heavy atom. The smallest absolute Gasteiger partial charge is 0.326 e. The first-order valence-corrected chi connectivity index (χ1v) is 9.55. The van der Waals surface area contributed by atoms with Crippen LogP contribution in [0.1, 0.15) is 39.5 Å². The molecule has 11 nitrogen and oxygen atoms in total. The zero-order chi connectivity index (χ0) is 21.7. The second-order valence-corrected chi connectivity index (χ2v) is 6.70. The summed E-state index contributed by atoms with van der Waals surface area (Å²) in [5.41, 5.74) is 0. The summed E-state index contributed by atoms with van der Waals surface area (Å²) in [6, 6.07) is -2.42. The first-order valence-electron chi connectivity index (χ1n) is 8.57. The van der Waals surface area contributed by atoms with Gasteiger partial charge in [0.25, 0.3) is 0 Å². The fourth-order valence-corrected chi connectivity index (χ4v) is 2.63. The highest BCUT2D eigenvalue weighted by molar-refractivity contribution is 8.13. The predicted molar refractivity (Wildman–Crippen MR) is 99.4 cm³/mol. The number of aliphatic carboxylic acids is 2. The van der Waals surface area contributed by atoms with Gasteiger partial charge >= 0.3 is 11.9 Å². The predicted octanol–water partition coefficient (Wildman–Crippen LogP) is -0.899. The van der Waals surface area contributed by atoms with Crippen LogP contribution in [0.4, 0.5) is 0 Å². The Balaban J connectivity index is 4.83. The number of carbonyl (C=O) groups is 6. The minimum atomic E-state index is -1.30. The Kier molecular flexibility index (Phi) is 12.3. The topological polar surface area (TPSA) is 179 Å². The molecule has 158 valence electrons. The fourth-order valence-electron chi connectivity index (χ4n) is 1.84. The van der Waals surface area contributed by atoms with E-state index in [1.165, 1.54) is 0 Å². The zero-order valence-corrected chi connectivity index (χ0v) is 16.5. The molecule has 0 heterocycles. The van der Waals surface area contributed by atoms with Crippen LogP contribution in [0.5, 0.6) is 0 Å². The number of hydrogen-bond donors (Lipinski definition) is 5. The van der Waals surface area contributed by atoms with E-state index in [-0.39, 0.29) is 36.6 Å². The number of thioether (sulfide) groups is 1. The largest absolute Gasteiger partial charge is 0.480 e. The third-order valence-corrected chi connectivity index (χ3v) is 4.49. The van der Waals surface area contributed by atoms with Crippen molar-refractivity contribution in [2.45, 2.75) is 51.6 Å². The summed E-state index contributed by atoms with van der Waals surface area (Å²) in [4.78, 5) is 68.6. The van der Waals surface area contributed by atoms with Crippen LogP contribution >= 0.6 is 11.8 Å². The monoisotopic (exact) mass is 419 g/mol. The van der Waals surface area contributed by atoms with Crippen LogP contribution in [-0.2, 0) is 28.8 Å². The van der Waals surface area contributed by atoms with Gasteiger partial charge in [0.1, 0.15) is 18.6 Å². The number of nitrogens with one attached hydrogen (secondary N) is 3. The Morgan fingerprint density at radius 3 is 2.00 bits per heavy atom. The molecule has 0 aliphatic heterocycles. The van der Waals surface area contributed by atoms with E-state index in [4.69, 9.17) is 10.2 Å². The Morgan fingerprint density at radius 1 is 0.893 bits per heavy atom. The van der Waals surface area contributed by atoms with E-state index in [2.05, 4.69) is 16.0 Å². The van der Waals surface area contributed by atoms with E-state index < -0.39 is 48.3 Å². The lowest BCUT2D eigenvalue weighted by atomic mass is 10.1. The molecule has 0 saturated carbocycles. The van der Waals surface area contributed by atoms with Crippen molar-refractivity contribution < 1.29 is 39.0 Å². The first-order chi connectivity index (χ1) is 13.1. The molecule has 5 N–H and O–H groups in total. The summed E-state index contributed by atoms with van der Waals surface area (Å²) >= 11 is 0.817. The third-order valence-electron chi connectivity index (χ3n) is 3.38. The summed E-state index contributed by atoms with van der Waals surface area (Å²) in [6.07, 6.45) is -0.183. The van der Waals surface area contributed by atoms with E-state index in [0.29, 0.717) is 0 Å². The molecule has 12 heteroatoms. The summed E-state index contributed by atoms with van der Waals surface area (Å²) in [6.45, 7) is 2.53. The molecule has 0 saturated heterocycles. The molecule has 0 radical (unpaired) electrons. The van der Waals surface area contributed by atoms with Crippen molar-refractivity contribution in [1.82, 2.24) is 16.0 Å². The minimum Gasteiger partial charge on any atom is -0.480 e. The second kappa shape index (κ2) is 13.5. The van der Waals surface area contributed by atoms with Gasteiger partial charge in [-0.2, -0.15) is 0 Å². The lowest BCUT2D eigenvalue weighted by Gasteiger charge is -2.18. The fraction of sp³-hybridized carbons (Fsp3) is 0.625. The molecule has 0 aliphatic carbocycles. The van der Waals surface area contributed by atoms with Crippen molar-refractivity contribution >= 4 is 46.5 Å². The van der Waals surface area contributed by atoms with Crippen molar-refractivity contribution in [2.24, 2.45) is 0 Å². The van der Waals surface area contributed by atoms with Gasteiger partial charge in [0.15, 0.2) is 5.12 Å². The van der Waals surface area contributed by atoms with Crippen LogP contribution in [0, 0.1) is 0 Å². The highest BCUT2D eigenvalue weighted by atomic mass is 32.2. The molecule has 0 aromatic rings. The maximum absolute atomic E-state index is 12.1. The molecule has 0 spiro atoms. The van der Waals surface area contributed by atoms with Crippen LogP contribution in [0.3, 0.4) is 0 Å². The van der Waals surface area contributed by atoms with E-state index >= 15 is 0 Å².